The Labute approximate surface area is 224 Å². The molecule has 0 radical (unpaired) electrons. The monoisotopic (exact) mass is 564 g/mol. The highest BCUT2D eigenvalue weighted by Crippen LogP contribution is 2.50. The van der Waals surface area contributed by atoms with Crippen molar-refractivity contribution in [3.05, 3.63) is 51.7 Å². The lowest BCUT2D eigenvalue weighted by Crippen LogP contribution is -2.55. The first-order valence-corrected chi connectivity index (χ1v) is 12.3. The van der Waals surface area contributed by atoms with Gasteiger partial charge in [0.05, 0.1) is 24.3 Å². The maximum absolute atomic E-state index is 13.4. The van der Waals surface area contributed by atoms with Gasteiger partial charge in [0.25, 0.3) is 0 Å². The lowest BCUT2D eigenvalue weighted by Gasteiger charge is -2.41. The van der Waals surface area contributed by atoms with Crippen LogP contribution in [0.5, 0.6) is 17.2 Å². The molecule has 2 aromatic carbocycles. The molecule has 2 saturated heterocycles. The van der Waals surface area contributed by atoms with Crippen LogP contribution in [0.4, 0.5) is 0 Å². The van der Waals surface area contributed by atoms with Crippen LogP contribution in [0.3, 0.4) is 0 Å². The van der Waals surface area contributed by atoms with E-state index in [2.05, 4.69) is 0 Å². The molecule has 2 aliphatic heterocycles. The van der Waals surface area contributed by atoms with Gasteiger partial charge in [0.2, 0.25) is 0 Å². The van der Waals surface area contributed by atoms with Crippen molar-refractivity contribution in [2.75, 3.05) is 13.2 Å². The van der Waals surface area contributed by atoms with Crippen molar-refractivity contribution < 1.29 is 65.0 Å². The molecule has 9 atom stereocenters. The molecule has 0 bridgehead atoms. The van der Waals surface area contributed by atoms with Crippen LogP contribution in [-0.2, 0) is 9.47 Å². The van der Waals surface area contributed by atoms with Crippen LogP contribution in [0.25, 0.3) is 22.3 Å². The number of hydrogen-bond donors (Lipinski definition) is 10. The average molecular weight is 564 g/mol. The number of hydrogen-bond acceptors (Lipinski definition) is 14. The van der Waals surface area contributed by atoms with Gasteiger partial charge in [-0.05, 0) is 24.3 Å². The molecular weight excluding hydrogens is 536 g/mol. The summed E-state index contributed by atoms with van der Waals surface area (Å²) in [5.41, 5.74) is -2.19. The lowest BCUT2D eigenvalue weighted by atomic mass is 9.85. The van der Waals surface area contributed by atoms with Crippen LogP contribution in [-0.4, -0.2) is 107 Å². The van der Waals surface area contributed by atoms with E-state index in [-0.39, 0.29) is 11.5 Å². The van der Waals surface area contributed by atoms with E-state index >= 15 is 0 Å². The molecular formula is C26H28O14. The van der Waals surface area contributed by atoms with Crippen LogP contribution >= 0.6 is 0 Å². The van der Waals surface area contributed by atoms with E-state index in [0.717, 1.165) is 6.07 Å². The van der Waals surface area contributed by atoms with Crippen LogP contribution in [0, 0.1) is 0 Å². The number of rotatable bonds is 4. The van der Waals surface area contributed by atoms with Crippen molar-refractivity contribution >= 4 is 11.0 Å². The van der Waals surface area contributed by atoms with Gasteiger partial charge in [0, 0.05) is 11.6 Å². The Morgan fingerprint density at radius 2 is 1.43 bits per heavy atom. The fourth-order valence-electron chi connectivity index (χ4n) is 5.11. The fourth-order valence-corrected chi connectivity index (χ4v) is 5.11. The van der Waals surface area contributed by atoms with Gasteiger partial charge in [-0.2, -0.15) is 0 Å². The minimum absolute atomic E-state index is 0.0767. The molecule has 1 aromatic heterocycles. The molecule has 0 amide bonds. The zero-order valence-electron chi connectivity index (χ0n) is 20.6. The number of fused-ring (bicyclic) bond motifs is 1. The van der Waals surface area contributed by atoms with Crippen LogP contribution in [0.2, 0.25) is 0 Å². The maximum Gasteiger partial charge on any atom is 0.197 e. The van der Waals surface area contributed by atoms with Gasteiger partial charge in [-0.1, -0.05) is 0 Å². The minimum atomic E-state index is -1.96. The molecule has 40 heavy (non-hydrogen) atoms. The van der Waals surface area contributed by atoms with Crippen molar-refractivity contribution in [3.63, 3.8) is 0 Å². The van der Waals surface area contributed by atoms with Crippen molar-refractivity contribution in [1.29, 1.82) is 0 Å². The third-order valence-electron chi connectivity index (χ3n) is 7.31. The highest BCUT2D eigenvalue weighted by atomic mass is 16.5. The molecule has 0 saturated carbocycles. The summed E-state index contributed by atoms with van der Waals surface area (Å²) in [5, 5.41) is 104. The van der Waals surface area contributed by atoms with E-state index in [0.29, 0.717) is 5.56 Å². The van der Waals surface area contributed by atoms with Crippen LogP contribution in [0.15, 0.2) is 39.5 Å². The maximum atomic E-state index is 13.4. The summed E-state index contributed by atoms with van der Waals surface area (Å²) in [6, 6.07) is 6.47. The van der Waals surface area contributed by atoms with Crippen molar-refractivity contribution in [2.45, 2.75) is 54.9 Å². The zero-order chi connectivity index (χ0) is 29.0. The summed E-state index contributed by atoms with van der Waals surface area (Å²) in [5.74, 6) is -2.00. The lowest BCUT2D eigenvalue weighted by molar-refractivity contribution is -0.231. The topological polar surface area (TPSA) is 251 Å². The van der Waals surface area contributed by atoms with Crippen molar-refractivity contribution in [2.24, 2.45) is 0 Å². The molecule has 0 unspecified atom stereocenters. The normalized spacial score (nSPS) is 32.8. The molecule has 0 aliphatic carbocycles. The Kier molecular flexibility index (Phi) is 7.47. The second kappa shape index (κ2) is 10.6. The van der Waals surface area contributed by atoms with Gasteiger partial charge in [0.15, 0.2) is 11.0 Å². The summed E-state index contributed by atoms with van der Waals surface area (Å²) >= 11 is 0. The number of phenolic OH excluding ortho intramolecular Hbond substituents is 3. The zero-order valence-corrected chi connectivity index (χ0v) is 20.6. The number of aliphatic hydroxyl groups excluding tert-OH is 7. The van der Waals surface area contributed by atoms with E-state index < -0.39 is 107 Å². The van der Waals surface area contributed by atoms with E-state index in [1.807, 2.05) is 0 Å². The molecule has 14 nitrogen and oxygen atoms in total. The number of ether oxygens (including phenoxy) is 2. The SMILES string of the molecule is O=c1cc(-c2ccc(O)cc2)oc2c([C@H]3O[C@@H](CO)[C@@H](O)[C@@H](O)[C@H]3O)c(O)c([C@@H]3OC[C@H](O)[C@H](O)[C@H]3O)c(O)c12. The first-order chi connectivity index (χ1) is 19.0. The molecule has 10 N–H and O–H groups in total. The third-order valence-corrected chi connectivity index (χ3v) is 7.31. The highest BCUT2D eigenvalue weighted by molar-refractivity contribution is 5.92. The first kappa shape index (κ1) is 28.2. The second-order valence-corrected chi connectivity index (χ2v) is 9.80. The number of benzene rings is 2. The Hall–Kier alpha value is -3.31. The summed E-state index contributed by atoms with van der Waals surface area (Å²) in [4.78, 5) is 13.4. The molecule has 2 fully saturated rings. The summed E-state index contributed by atoms with van der Waals surface area (Å²) in [6.07, 6.45) is -15.7. The molecule has 2 aliphatic rings. The van der Waals surface area contributed by atoms with Crippen molar-refractivity contribution in [3.8, 4) is 28.6 Å². The molecule has 3 heterocycles. The number of phenols is 3. The van der Waals surface area contributed by atoms with Gasteiger partial charge in [-0.3, -0.25) is 4.79 Å². The van der Waals surface area contributed by atoms with Gasteiger partial charge in [-0.25, -0.2) is 0 Å². The van der Waals surface area contributed by atoms with Gasteiger partial charge in [0.1, 0.15) is 83.3 Å². The molecule has 5 rings (SSSR count). The van der Waals surface area contributed by atoms with Gasteiger partial charge >= 0.3 is 0 Å². The summed E-state index contributed by atoms with van der Waals surface area (Å²) in [6.45, 7) is -1.34. The number of aliphatic hydroxyl groups is 7. The predicted octanol–water partition coefficient (Wildman–Crippen LogP) is -1.75. The Morgan fingerprint density at radius 3 is 2.08 bits per heavy atom. The minimum Gasteiger partial charge on any atom is -0.508 e. The summed E-state index contributed by atoms with van der Waals surface area (Å²) < 4.78 is 16.9. The second-order valence-electron chi connectivity index (χ2n) is 9.80. The van der Waals surface area contributed by atoms with Crippen LogP contribution in [0.1, 0.15) is 23.3 Å². The summed E-state index contributed by atoms with van der Waals surface area (Å²) in [7, 11) is 0. The van der Waals surface area contributed by atoms with E-state index in [1.54, 1.807) is 0 Å². The molecule has 3 aromatic rings. The molecule has 216 valence electrons. The highest BCUT2D eigenvalue weighted by Gasteiger charge is 2.48. The third kappa shape index (κ3) is 4.49. The number of aromatic hydroxyl groups is 3. The van der Waals surface area contributed by atoms with Crippen LogP contribution < -0.4 is 5.43 Å². The quantitative estimate of drug-likeness (QED) is 0.169. The molecule has 14 heteroatoms. The first-order valence-electron chi connectivity index (χ1n) is 12.3. The van der Waals surface area contributed by atoms with Crippen molar-refractivity contribution in [1.82, 2.24) is 0 Å². The smallest absolute Gasteiger partial charge is 0.197 e. The van der Waals surface area contributed by atoms with E-state index in [9.17, 15) is 55.9 Å². The Bertz CT molecular complexity index is 1450. The fraction of sp³-hybridized carbons (Fsp3) is 0.423. The Balaban J connectivity index is 1.81. The standard InChI is InChI=1S/C26H28O14/c27-6-13-18(32)21(35)23(37)26(40-13)16-20(34)15(25-22(36)17(31)11(30)7-38-25)19(33)14-10(29)5-12(39-24(14)16)8-1-3-9(28)4-2-8/h1-5,11,13,17-18,21-23,25-28,30-37H,6-7H2/t11-,13-,17-,18+,21+,22+,23+,25-,26+/m0/s1. The Morgan fingerprint density at radius 1 is 0.775 bits per heavy atom. The average Bonchev–Trinajstić information content (AvgIpc) is 2.92. The largest absolute Gasteiger partial charge is 0.508 e. The van der Waals surface area contributed by atoms with E-state index in [1.165, 1.54) is 24.3 Å². The van der Waals surface area contributed by atoms with E-state index in [4.69, 9.17) is 13.9 Å². The van der Waals surface area contributed by atoms with Gasteiger partial charge < -0.3 is 65.0 Å². The van der Waals surface area contributed by atoms with Gasteiger partial charge in [-0.15, -0.1) is 0 Å². The molecule has 0 spiro atoms. The predicted molar refractivity (Wildman–Crippen MR) is 132 cm³/mol.